The Morgan fingerprint density at radius 2 is 2.14 bits per heavy atom. The Labute approximate surface area is 164 Å². The van der Waals surface area contributed by atoms with E-state index in [4.69, 9.17) is 4.74 Å². The number of ether oxygens (including phenoxy) is 1. The van der Waals surface area contributed by atoms with Crippen molar-refractivity contribution in [2.24, 2.45) is 5.92 Å². The number of carbonyl (C=O) groups is 1. The van der Waals surface area contributed by atoms with Gasteiger partial charge >= 0.3 is 0 Å². The monoisotopic (exact) mass is 382 g/mol. The summed E-state index contributed by atoms with van der Waals surface area (Å²) in [5.41, 5.74) is 2.01. The quantitative estimate of drug-likeness (QED) is 0.849. The molecule has 0 radical (unpaired) electrons. The summed E-state index contributed by atoms with van der Waals surface area (Å²) in [5, 5.41) is 2.92. The zero-order chi connectivity index (χ0) is 19.7. The Morgan fingerprint density at radius 3 is 2.93 bits per heavy atom. The first-order valence-corrected chi connectivity index (χ1v) is 9.73. The molecule has 7 heteroatoms. The Kier molecular flexibility index (Phi) is 5.17. The number of hydrogen-bond acceptors (Lipinski definition) is 5. The predicted octanol–water partition coefficient (Wildman–Crippen LogP) is 1.55. The normalized spacial score (nSPS) is 23.7. The molecule has 4 rings (SSSR count). The molecule has 2 bridgehead atoms. The van der Waals surface area contributed by atoms with Gasteiger partial charge in [0.15, 0.2) is 0 Å². The van der Waals surface area contributed by atoms with Crippen molar-refractivity contribution in [3.8, 4) is 5.75 Å². The molecule has 1 amide bonds. The summed E-state index contributed by atoms with van der Waals surface area (Å²) >= 11 is 0. The number of hydrogen-bond donors (Lipinski definition) is 1. The minimum atomic E-state index is -0.0708. The van der Waals surface area contributed by atoms with E-state index in [0.29, 0.717) is 24.9 Å². The first-order valence-electron chi connectivity index (χ1n) is 9.73. The fourth-order valence-corrected chi connectivity index (χ4v) is 4.72. The number of rotatable bonds is 5. The average molecular weight is 382 g/mol. The van der Waals surface area contributed by atoms with Crippen LogP contribution in [-0.2, 0) is 11.3 Å². The third kappa shape index (κ3) is 3.54. The molecule has 0 aromatic carbocycles. The molecule has 0 unspecified atom stereocenters. The van der Waals surface area contributed by atoms with Gasteiger partial charge in [-0.15, -0.1) is 0 Å². The van der Waals surface area contributed by atoms with Crippen molar-refractivity contribution in [1.29, 1.82) is 0 Å². The zero-order valence-corrected chi connectivity index (χ0v) is 16.3. The molecule has 4 heterocycles. The van der Waals surface area contributed by atoms with E-state index in [0.717, 1.165) is 36.6 Å². The summed E-state index contributed by atoms with van der Waals surface area (Å²) in [6, 6.07) is 9.28. The minimum Gasteiger partial charge on any atom is -0.495 e. The molecule has 2 aliphatic heterocycles. The predicted molar refractivity (Wildman–Crippen MR) is 105 cm³/mol. The highest BCUT2D eigenvalue weighted by atomic mass is 16.5. The third-order valence-corrected chi connectivity index (χ3v) is 5.88. The number of pyridine rings is 2. The Balaban J connectivity index is 1.63. The fraction of sp³-hybridized carbons (Fsp3) is 0.476. The first kappa shape index (κ1) is 18.7. The van der Waals surface area contributed by atoms with Crippen LogP contribution in [0.2, 0.25) is 0 Å². The summed E-state index contributed by atoms with van der Waals surface area (Å²) in [4.78, 5) is 31.0. The molecule has 3 atom stereocenters. The van der Waals surface area contributed by atoms with Gasteiger partial charge in [0.25, 0.3) is 5.56 Å². The van der Waals surface area contributed by atoms with Crippen molar-refractivity contribution >= 4 is 5.91 Å². The van der Waals surface area contributed by atoms with Gasteiger partial charge < -0.3 is 14.6 Å². The van der Waals surface area contributed by atoms with Gasteiger partial charge in [0, 0.05) is 57.0 Å². The number of nitrogens with zero attached hydrogens (tertiary/aromatic N) is 3. The average Bonchev–Trinajstić information content (AvgIpc) is 2.68. The highest BCUT2D eigenvalue weighted by Crippen LogP contribution is 2.41. The topological polar surface area (TPSA) is 76.5 Å². The maximum atomic E-state index is 12.6. The van der Waals surface area contributed by atoms with Gasteiger partial charge in [0.1, 0.15) is 5.75 Å². The number of amides is 1. The van der Waals surface area contributed by atoms with Crippen LogP contribution in [0.25, 0.3) is 0 Å². The zero-order valence-electron chi connectivity index (χ0n) is 16.3. The smallest absolute Gasteiger partial charge is 0.251 e. The van der Waals surface area contributed by atoms with Crippen LogP contribution in [0.4, 0.5) is 0 Å². The van der Waals surface area contributed by atoms with E-state index in [9.17, 15) is 9.59 Å². The Morgan fingerprint density at radius 1 is 1.29 bits per heavy atom. The number of carbonyl (C=O) groups excluding carboxylic acids is 1. The van der Waals surface area contributed by atoms with Crippen LogP contribution in [0.3, 0.4) is 0 Å². The number of fused-ring (bicyclic) bond motifs is 4. The molecule has 1 fully saturated rings. The molecule has 28 heavy (non-hydrogen) atoms. The lowest BCUT2D eigenvalue weighted by Crippen LogP contribution is -2.51. The molecule has 0 aliphatic carbocycles. The van der Waals surface area contributed by atoms with Crippen molar-refractivity contribution in [3.63, 3.8) is 0 Å². The van der Waals surface area contributed by atoms with Crippen molar-refractivity contribution in [1.82, 2.24) is 19.8 Å². The van der Waals surface area contributed by atoms with E-state index in [-0.39, 0.29) is 17.5 Å². The van der Waals surface area contributed by atoms with E-state index in [1.54, 1.807) is 19.4 Å². The molecular formula is C21H26N4O3. The van der Waals surface area contributed by atoms with Gasteiger partial charge in [0.2, 0.25) is 5.91 Å². The van der Waals surface area contributed by atoms with Gasteiger partial charge in [-0.2, -0.15) is 0 Å². The van der Waals surface area contributed by atoms with Crippen LogP contribution in [0.1, 0.15) is 36.7 Å². The summed E-state index contributed by atoms with van der Waals surface area (Å²) in [6.45, 7) is 4.44. The van der Waals surface area contributed by atoms with Crippen LogP contribution in [0, 0.1) is 5.92 Å². The van der Waals surface area contributed by atoms with Crippen molar-refractivity contribution in [2.45, 2.75) is 31.8 Å². The lowest BCUT2D eigenvalue weighted by Gasteiger charge is -2.47. The standard InChI is InChI=1S/C21H26N4O3/c1-14(26)23-10-19-16-9-15(18-5-3-7-21(27)25(18)19)11-24(12-16)13-17-20(28-2)6-4-8-22-17/h3-8,15-16,19H,9-13H2,1-2H3,(H,23,26)/t15-,16+,19+/m1/s1. The van der Waals surface area contributed by atoms with E-state index >= 15 is 0 Å². The van der Waals surface area contributed by atoms with Gasteiger partial charge in [-0.25, -0.2) is 0 Å². The molecule has 2 aliphatic rings. The molecule has 7 nitrogen and oxygen atoms in total. The largest absolute Gasteiger partial charge is 0.495 e. The first-order chi connectivity index (χ1) is 13.6. The summed E-state index contributed by atoms with van der Waals surface area (Å²) in [7, 11) is 1.66. The number of nitrogens with one attached hydrogen (secondary N) is 1. The van der Waals surface area contributed by atoms with Crippen molar-refractivity contribution in [3.05, 3.63) is 58.3 Å². The number of aromatic nitrogens is 2. The minimum absolute atomic E-state index is 0.0161. The highest BCUT2D eigenvalue weighted by Gasteiger charge is 2.40. The van der Waals surface area contributed by atoms with Gasteiger partial charge in [-0.05, 0) is 30.5 Å². The maximum Gasteiger partial charge on any atom is 0.251 e. The maximum absolute atomic E-state index is 12.6. The lowest BCUT2D eigenvalue weighted by molar-refractivity contribution is -0.119. The molecule has 2 aromatic heterocycles. The SMILES string of the molecule is COc1cccnc1CN1C[C@H]2C[C@@H](C1)[C@H](CNC(C)=O)n1c2cccc1=O. The summed E-state index contributed by atoms with van der Waals surface area (Å²) in [5.74, 6) is 1.33. The Hall–Kier alpha value is -2.67. The van der Waals surface area contributed by atoms with E-state index < -0.39 is 0 Å². The Bertz CT molecular complexity index is 926. The molecule has 1 saturated heterocycles. The second kappa shape index (κ2) is 7.75. The lowest BCUT2D eigenvalue weighted by atomic mass is 9.78. The molecule has 0 saturated carbocycles. The molecule has 0 spiro atoms. The van der Waals surface area contributed by atoms with E-state index in [1.807, 2.05) is 28.8 Å². The fourth-order valence-electron chi connectivity index (χ4n) is 4.72. The van der Waals surface area contributed by atoms with Crippen molar-refractivity contribution < 1.29 is 9.53 Å². The highest BCUT2D eigenvalue weighted by molar-refractivity contribution is 5.72. The van der Waals surface area contributed by atoms with E-state index in [2.05, 4.69) is 15.2 Å². The van der Waals surface area contributed by atoms with Gasteiger partial charge in [0.05, 0.1) is 18.8 Å². The number of methoxy groups -OCH3 is 1. The van der Waals surface area contributed by atoms with Gasteiger partial charge in [-0.3, -0.25) is 19.5 Å². The van der Waals surface area contributed by atoms with Gasteiger partial charge in [-0.1, -0.05) is 6.07 Å². The number of likely N-dealkylation sites (tertiary alicyclic amines) is 1. The van der Waals surface area contributed by atoms with Crippen LogP contribution >= 0.6 is 0 Å². The van der Waals surface area contributed by atoms with Crippen LogP contribution in [0.15, 0.2) is 41.3 Å². The second-order valence-corrected chi connectivity index (χ2v) is 7.70. The number of piperidine rings is 1. The molecule has 2 aromatic rings. The summed E-state index contributed by atoms with van der Waals surface area (Å²) < 4.78 is 7.37. The van der Waals surface area contributed by atoms with E-state index in [1.165, 1.54) is 6.92 Å². The summed E-state index contributed by atoms with van der Waals surface area (Å²) in [6.07, 6.45) is 2.82. The van der Waals surface area contributed by atoms with Crippen LogP contribution in [-0.4, -0.2) is 47.1 Å². The van der Waals surface area contributed by atoms with Crippen LogP contribution in [0.5, 0.6) is 5.75 Å². The van der Waals surface area contributed by atoms with Crippen molar-refractivity contribution in [2.75, 3.05) is 26.7 Å². The second-order valence-electron chi connectivity index (χ2n) is 7.70. The molecule has 1 N–H and O–H groups in total. The third-order valence-electron chi connectivity index (χ3n) is 5.88. The van der Waals surface area contributed by atoms with Crippen LogP contribution < -0.4 is 15.6 Å². The molecule has 148 valence electrons. The molecular weight excluding hydrogens is 356 g/mol.